The van der Waals surface area contributed by atoms with Gasteiger partial charge in [0, 0.05) is 11.6 Å². The summed E-state index contributed by atoms with van der Waals surface area (Å²) in [4.78, 5) is 4.34. The van der Waals surface area contributed by atoms with E-state index in [4.69, 9.17) is 0 Å². The van der Waals surface area contributed by atoms with Crippen LogP contribution in [0.5, 0.6) is 0 Å². The van der Waals surface area contributed by atoms with Gasteiger partial charge in [0.05, 0.1) is 11.1 Å². The Balaban J connectivity index is 2.09. The molecule has 0 saturated heterocycles. The summed E-state index contributed by atoms with van der Waals surface area (Å²) in [5, 5.41) is 11.7. The van der Waals surface area contributed by atoms with Crippen LogP contribution in [0.1, 0.15) is 31.7 Å². The van der Waals surface area contributed by atoms with E-state index in [1.807, 2.05) is 37.3 Å². The number of hydrogen-bond acceptors (Lipinski definition) is 2. The molecule has 1 aliphatic rings. The number of nitrogens with zero attached hydrogens (tertiary/aromatic N) is 1. The minimum Gasteiger partial charge on any atom is -0.385 e. The second-order valence-corrected chi connectivity index (χ2v) is 5.30. The minimum atomic E-state index is -0.732. The molecule has 1 N–H and O–H groups in total. The van der Waals surface area contributed by atoms with E-state index in [0.29, 0.717) is 5.92 Å². The maximum atomic E-state index is 10.7. The van der Waals surface area contributed by atoms with Crippen molar-refractivity contribution in [2.45, 2.75) is 31.8 Å². The molecule has 1 fully saturated rings. The Kier molecular flexibility index (Phi) is 2.40. The average Bonchev–Trinajstić information content (AvgIpc) is 3.11. The summed E-state index contributed by atoms with van der Waals surface area (Å²) in [6.45, 7) is 1.92. The van der Waals surface area contributed by atoms with Crippen molar-refractivity contribution in [3.8, 4) is 0 Å². The third kappa shape index (κ3) is 2.05. The van der Waals surface area contributed by atoms with Gasteiger partial charge in [0.1, 0.15) is 0 Å². The van der Waals surface area contributed by atoms with Crippen LogP contribution >= 0.6 is 0 Å². The molecule has 1 heterocycles. The van der Waals surface area contributed by atoms with E-state index in [-0.39, 0.29) is 0 Å². The smallest absolute Gasteiger partial charge is 0.0877 e. The second kappa shape index (κ2) is 3.81. The molecule has 2 aromatic rings. The Morgan fingerprint density at radius 1 is 1.29 bits per heavy atom. The van der Waals surface area contributed by atoms with Gasteiger partial charge in [0.25, 0.3) is 0 Å². The largest absolute Gasteiger partial charge is 0.385 e. The zero-order chi connectivity index (χ0) is 11.9. The highest BCUT2D eigenvalue weighted by molar-refractivity contribution is 5.82. The Morgan fingerprint density at radius 3 is 2.88 bits per heavy atom. The third-order valence-corrected chi connectivity index (χ3v) is 3.61. The number of aliphatic hydroxyl groups is 1. The zero-order valence-electron chi connectivity index (χ0n) is 10.1. The first kappa shape index (κ1) is 10.7. The van der Waals surface area contributed by atoms with Crippen molar-refractivity contribution in [1.82, 2.24) is 4.98 Å². The molecule has 3 rings (SSSR count). The molecule has 0 spiro atoms. The summed E-state index contributed by atoms with van der Waals surface area (Å²) in [6.07, 6.45) is 5.18. The maximum absolute atomic E-state index is 10.7. The van der Waals surface area contributed by atoms with E-state index >= 15 is 0 Å². The Labute approximate surface area is 101 Å². The first-order chi connectivity index (χ1) is 8.17. The van der Waals surface area contributed by atoms with Crippen LogP contribution in [0.15, 0.2) is 36.5 Å². The number of pyridine rings is 1. The highest BCUT2D eigenvalue weighted by Crippen LogP contribution is 2.41. The molecule has 0 radical (unpaired) electrons. The summed E-state index contributed by atoms with van der Waals surface area (Å²) in [7, 11) is 0. The Morgan fingerprint density at radius 2 is 2.12 bits per heavy atom. The number of benzene rings is 1. The van der Waals surface area contributed by atoms with E-state index in [1.165, 1.54) is 12.8 Å². The quantitative estimate of drug-likeness (QED) is 0.873. The van der Waals surface area contributed by atoms with Gasteiger partial charge in [0.2, 0.25) is 0 Å². The normalized spacial score (nSPS) is 19.2. The Hall–Kier alpha value is -1.41. The lowest BCUT2D eigenvalue weighted by molar-refractivity contribution is 0.0432. The van der Waals surface area contributed by atoms with Gasteiger partial charge in [-0.2, -0.15) is 0 Å². The van der Waals surface area contributed by atoms with Gasteiger partial charge in [-0.1, -0.05) is 31.0 Å². The van der Waals surface area contributed by atoms with Crippen LogP contribution < -0.4 is 0 Å². The SMILES string of the molecule is CC(O)(CC1CC1)c1cccc2ncccc12. The van der Waals surface area contributed by atoms with Crippen LogP contribution in [0.2, 0.25) is 0 Å². The van der Waals surface area contributed by atoms with Gasteiger partial charge in [-0.25, -0.2) is 0 Å². The molecular weight excluding hydrogens is 210 g/mol. The fourth-order valence-electron chi connectivity index (χ4n) is 2.57. The topological polar surface area (TPSA) is 33.1 Å². The predicted octanol–water partition coefficient (Wildman–Crippen LogP) is 3.24. The maximum Gasteiger partial charge on any atom is 0.0877 e. The van der Waals surface area contributed by atoms with Gasteiger partial charge in [-0.15, -0.1) is 0 Å². The van der Waals surface area contributed by atoms with Crippen LogP contribution in [0.4, 0.5) is 0 Å². The molecule has 1 aliphatic carbocycles. The summed E-state index contributed by atoms with van der Waals surface area (Å²) in [5.41, 5.74) is 1.24. The van der Waals surface area contributed by atoms with Gasteiger partial charge in [-0.3, -0.25) is 4.98 Å². The highest BCUT2D eigenvalue weighted by Gasteiger charge is 2.33. The fourth-order valence-corrected chi connectivity index (χ4v) is 2.57. The van der Waals surface area contributed by atoms with E-state index in [1.54, 1.807) is 6.20 Å². The number of hydrogen-bond donors (Lipinski definition) is 1. The first-order valence-electron chi connectivity index (χ1n) is 6.23. The standard InChI is InChI=1S/C15H17NO/c1-15(17,10-11-7-8-11)13-5-2-6-14-12(13)4-3-9-16-14/h2-6,9,11,17H,7-8,10H2,1H3. The summed E-state index contributed by atoms with van der Waals surface area (Å²) in [6, 6.07) is 9.96. The van der Waals surface area contributed by atoms with Crippen LogP contribution in [0.25, 0.3) is 10.9 Å². The molecule has 1 atom stereocenters. The highest BCUT2D eigenvalue weighted by atomic mass is 16.3. The second-order valence-electron chi connectivity index (χ2n) is 5.30. The van der Waals surface area contributed by atoms with Crippen molar-refractivity contribution in [2.24, 2.45) is 5.92 Å². The lowest BCUT2D eigenvalue weighted by Gasteiger charge is -2.25. The zero-order valence-corrected chi connectivity index (χ0v) is 10.1. The average molecular weight is 227 g/mol. The van der Waals surface area contributed by atoms with Crippen LogP contribution in [0.3, 0.4) is 0 Å². The lowest BCUT2D eigenvalue weighted by atomic mass is 9.88. The summed E-state index contributed by atoms with van der Waals surface area (Å²) >= 11 is 0. The molecule has 1 unspecified atom stereocenters. The van der Waals surface area contributed by atoms with Crippen molar-refractivity contribution in [1.29, 1.82) is 0 Å². The number of rotatable bonds is 3. The van der Waals surface area contributed by atoms with Gasteiger partial charge < -0.3 is 5.11 Å². The number of fused-ring (bicyclic) bond motifs is 1. The van der Waals surface area contributed by atoms with Crippen molar-refractivity contribution in [2.75, 3.05) is 0 Å². The van der Waals surface area contributed by atoms with Crippen LogP contribution in [-0.2, 0) is 5.60 Å². The predicted molar refractivity (Wildman–Crippen MR) is 68.7 cm³/mol. The molecule has 0 amide bonds. The van der Waals surface area contributed by atoms with E-state index in [2.05, 4.69) is 4.98 Å². The lowest BCUT2D eigenvalue weighted by Crippen LogP contribution is -2.22. The van der Waals surface area contributed by atoms with Crippen molar-refractivity contribution < 1.29 is 5.11 Å². The molecule has 88 valence electrons. The van der Waals surface area contributed by atoms with Gasteiger partial charge in [-0.05, 0) is 37.0 Å². The van der Waals surface area contributed by atoms with Crippen LogP contribution in [0, 0.1) is 5.92 Å². The third-order valence-electron chi connectivity index (χ3n) is 3.61. The molecule has 2 heteroatoms. The summed E-state index contributed by atoms with van der Waals surface area (Å²) < 4.78 is 0. The van der Waals surface area contributed by atoms with Crippen molar-refractivity contribution in [3.05, 3.63) is 42.1 Å². The molecule has 1 saturated carbocycles. The molecule has 0 aliphatic heterocycles. The molecule has 2 nitrogen and oxygen atoms in total. The van der Waals surface area contributed by atoms with E-state index in [0.717, 1.165) is 22.9 Å². The first-order valence-corrected chi connectivity index (χ1v) is 6.23. The van der Waals surface area contributed by atoms with Gasteiger partial charge >= 0.3 is 0 Å². The van der Waals surface area contributed by atoms with Crippen molar-refractivity contribution >= 4 is 10.9 Å². The van der Waals surface area contributed by atoms with Gasteiger partial charge in [0.15, 0.2) is 0 Å². The number of aromatic nitrogens is 1. The fraction of sp³-hybridized carbons (Fsp3) is 0.400. The van der Waals surface area contributed by atoms with E-state index in [9.17, 15) is 5.11 Å². The molecule has 1 aromatic heterocycles. The molecule has 0 bridgehead atoms. The van der Waals surface area contributed by atoms with Crippen LogP contribution in [-0.4, -0.2) is 10.1 Å². The summed E-state index contributed by atoms with van der Waals surface area (Å²) in [5.74, 6) is 0.705. The minimum absolute atomic E-state index is 0.705. The molecule has 1 aromatic carbocycles. The molecular formula is C15H17NO. The van der Waals surface area contributed by atoms with E-state index < -0.39 is 5.60 Å². The van der Waals surface area contributed by atoms with Crippen molar-refractivity contribution in [3.63, 3.8) is 0 Å². The Bertz CT molecular complexity index is 538. The monoisotopic (exact) mass is 227 g/mol. The molecule has 17 heavy (non-hydrogen) atoms.